The smallest absolute Gasteiger partial charge is 0.418 e. The van der Waals surface area contributed by atoms with Crippen LogP contribution in [0.4, 0.5) is 10.5 Å². The van der Waals surface area contributed by atoms with Crippen LogP contribution in [0.15, 0.2) is 66.9 Å². The number of benzene rings is 2. The number of amides is 1. The zero-order valence-corrected chi connectivity index (χ0v) is 18.4. The van der Waals surface area contributed by atoms with Crippen LogP contribution in [-0.2, 0) is 14.3 Å². The monoisotopic (exact) mass is 423 g/mol. The van der Waals surface area contributed by atoms with Crippen LogP contribution in [0.5, 0.6) is 5.75 Å². The Morgan fingerprint density at radius 3 is 2.35 bits per heavy atom. The van der Waals surface area contributed by atoms with E-state index in [1.54, 1.807) is 37.6 Å². The highest BCUT2D eigenvalue weighted by Gasteiger charge is 2.31. The maximum atomic E-state index is 13.0. The summed E-state index contributed by atoms with van der Waals surface area (Å²) in [5, 5.41) is 0. The van der Waals surface area contributed by atoms with Gasteiger partial charge in [-0.2, -0.15) is 0 Å². The van der Waals surface area contributed by atoms with Gasteiger partial charge in [-0.25, -0.2) is 4.79 Å². The molecule has 2 aromatic rings. The van der Waals surface area contributed by atoms with Crippen molar-refractivity contribution in [2.24, 2.45) is 5.92 Å². The number of rotatable bonds is 6. The average Bonchev–Trinajstić information content (AvgIpc) is 3.16. The first kappa shape index (κ1) is 22.4. The Balaban J connectivity index is 1.94. The van der Waals surface area contributed by atoms with Gasteiger partial charge in [0, 0.05) is 18.0 Å². The molecule has 0 aromatic heterocycles. The molecule has 0 bridgehead atoms. The van der Waals surface area contributed by atoms with Crippen molar-refractivity contribution in [2.45, 2.75) is 38.7 Å². The van der Waals surface area contributed by atoms with Gasteiger partial charge in [0.15, 0.2) is 0 Å². The van der Waals surface area contributed by atoms with Crippen molar-refractivity contribution in [3.05, 3.63) is 72.4 Å². The zero-order valence-electron chi connectivity index (χ0n) is 18.4. The summed E-state index contributed by atoms with van der Waals surface area (Å²) >= 11 is 0. The Morgan fingerprint density at radius 2 is 1.81 bits per heavy atom. The van der Waals surface area contributed by atoms with Crippen molar-refractivity contribution in [2.75, 3.05) is 18.6 Å². The van der Waals surface area contributed by atoms with Crippen LogP contribution in [0, 0.1) is 5.92 Å². The van der Waals surface area contributed by atoms with E-state index in [1.165, 1.54) is 4.90 Å². The first-order valence-corrected chi connectivity index (χ1v) is 10.3. The van der Waals surface area contributed by atoms with Gasteiger partial charge in [-0.1, -0.05) is 36.4 Å². The fourth-order valence-corrected chi connectivity index (χ4v) is 3.46. The Hall–Kier alpha value is -3.28. The van der Waals surface area contributed by atoms with E-state index >= 15 is 0 Å². The lowest BCUT2D eigenvalue weighted by molar-refractivity contribution is -0.137. The Morgan fingerprint density at radius 1 is 1.13 bits per heavy atom. The van der Waals surface area contributed by atoms with Gasteiger partial charge >= 0.3 is 12.1 Å². The van der Waals surface area contributed by atoms with Crippen LogP contribution in [-0.4, -0.2) is 31.4 Å². The average molecular weight is 424 g/mol. The van der Waals surface area contributed by atoms with E-state index in [4.69, 9.17) is 14.2 Å². The summed E-state index contributed by atoms with van der Waals surface area (Å²) in [7, 11) is 1.59. The maximum Gasteiger partial charge on any atom is 0.418 e. The Bertz CT molecular complexity index is 915. The van der Waals surface area contributed by atoms with Crippen LogP contribution in [0.2, 0.25) is 0 Å². The quantitative estimate of drug-likeness (QED) is 0.590. The number of esters is 1. The molecule has 1 saturated heterocycles. The molecule has 0 saturated carbocycles. The van der Waals surface area contributed by atoms with Gasteiger partial charge in [0.25, 0.3) is 0 Å². The van der Waals surface area contributed by atoms with E-state index in [0.717, 1.165) is 5.56 Å². The minimum Gasteiger partial charge on any atom is -0.497 e. The molecule has 6 heteroatoms. The molecule has 0 unspecified atom stereocenters. The molecule has 1 heterocycles. The molecule has 1 fully saturated rings. The molecule has 1 amide bonds. The first-order chi connectivity index (χ1) is 14.8. The number of carbonyl (C=O) groups excluding carboxylic acids is 2. The lowest BCUT2D eigenvalue weighted by atomic mass is 9.85. The summed E-state index contributed by atoms with van der Waals surface area (Å²) in [5.74, 6) is 0.414. The predicted octanol–water partition coefficient (Wildman–Crippen LogP) is 5.30. The fourth-order valence-electron chi connectivity index (χ4n) is 3.46. The van der Waals surface area contributed by atoms with Gasteiger partial charge in [0.05, 0.1) is 25.8 Å². The molecule has 0 spiro atoms. The minimum atomic E-state index is -0.639. The molecule has 2 atom stereocenters. The number of methoxy groups -OCH3 is 1. The van der Waals surface area contributed by atoms with Crippen LogP contribution in [0.25, 0.3) is 0 Å². The number of anilines is 1. The van der Waals surface area contributed by atoms with Gasteiger partial charge < -0.3 is 14.2 Å². The summed E-state index contributed by atoms with van der Waals surface area (Å²) < 4.78 is 16.0. The van der Waals surface area contributed by atoms with Crippen molar-refractivity contribution < 1.29 is 23.8 Å². The molecule has 164 valence electrons. The summed E-state index contributed by atoms with van der Waals surface area (Å²) in [6.07, 6.45) is 3.52. The molecule has 0 N–H and O–H groups in total. The second-order valence-corrected chi connectivity index (χ2v) is 8.47. The van der Waals surface area contributed by atoms with Crippen LogP contribution >= 0.6 is 0 Å². The van der Waals surface area contributed by atoms with E-state index in [0.29, 0.717) is 24.5 Å². The Kier molecular flexibility index (Phi) is 7.00. The van der Waals surface area contributed by atoms with Crippen LogP contribution in [0.1, 0.15) is 38.7 Å². The molecule has 2 aromatic carbocycles. The van der Waals surface area contributed by atoms with E-state index in [1.807, 2.05) is 57.2 Å². The van der Waals surface area contributed by atoms with Crippen molar-refractivity contribution in [3.63, 3.8) is 0 Å². The molecule has 3 rings (SSSR count). The van der Waals surface area contributed by atoms with Crippen molar-refractivity contribution in [1.29, 1.82) is 0 Å². The Labute approximate surface area is 183 Å². The number of nitrogens with zero attached hydrogens (tertiary/aromatic N) is 1. The molecule has 6 nitrogen and oxygen atoms in total. The second kappa shape index (κ2) is 9.69. The van der Waals surface area contributed by atoms with Gasteiger partial charge in [-0.15, -0.1) is 0 Å². The second-order valence-electron chi connectivity index (χ2n) is 8.47. The van der Waals surface area contributed by atoms with Crippen molar-refractivity contribution in [1.82, 2.24) is 0 Å². The lowest BCUT2D eigenvalue weighted by Gasteiger charge is -2.26. The highest BCUT2D eigenvalue weighted by atomic mass is 16.6. The van der Waals surface area contributed by atoms with E-state index in [9.17, 15) is 9.59 Å². The van der Waals surface area contributed by atoms with Crippen molar-refractivity contribution >= 4 is 17.7 Å². The third kappa shape index (κ3) is 6.10. The lowest BCUT2D eigenvalue weighted by Crippen LogP contribution is -2.33. The fraction of sp³-hybridized carbons (Fsp3) is 0.360. The highest BCUT2D eigenvalue weighted by Crippen LogP contribution is 2.33. The summed E-state index contributed by atoms with van der Waals surface area (Å²) in [6, 6.07) is 17.1. The topological polar surface area (TPSA) is 65.1 Å². The minimum absolute atomic E-state index is 0.00232. The summed E-state index contributed by atoms with van der Waals surface area (Å²) in [4.78, 5) is 26.2. The predicted molar refractivity (Wildman–Crippen MR) is 119 cm³/mol. The molecular weight excluding hydrogens is 394 g/mol. The van der Waals surface area contributed by atoms with Gasteiger partial charge in [-0.3, -0.25) is 9.69 Å². The SMILES string of the molecule is COc1ccc(N(/C=C\[C@H](c2ccccc2)[C@@H]2COC(=O)C2)C(=O)OC(C)(C)C)cc1. The van der Waals surface area contributed by atoms with Crippen LogP contribution < -0.4 is 9.64 Å². The third-order valence-corrected chi connectivity index (χ3v) is 4.96. The number of ether oxygens (including phenoxy) is 3. The number of cyclic esters (lactones) is 1. The summed E-state index contributed by atoms with van der Waals surface area (Å²) in [5.41, 5.74) is 1.07. The number of allylic oxidation sites excluding steroid dienone is 1. The molecule has 0 aliphatic carbocycles. The molecular formula is C25H29NO5. The normalized spacial score (nSPS) is 17.3. The zero-order chi connectivity index (χ0) is 22.4. The van der Waals surface area contributed by atoms with Gasteiger partial charge in [0.1, 0.15) is 11.4 Å². The standard InChI is InChI=1S/C25H29NO5/c1-25(2,3)31-24(28)26(20-10-12-21(29-4)13-11-20)15-14-22(18-8-6-5-7-9-18)19-16-23(27)30-17-19/h5-15,19,22H,16-17H2,1-4H3/b15-14-/t19-,22+/m0/s1. The van der Waals surface area contributed by atoms with E-state index in [-0.39, 0.29) is 17.8 Å². The van der Waals surface area contributed by atoms with Crippen molar-refractivity contribution in [3.8, 4) is 5.75 Å². The third-order valence-electron chi connectivity index (χ3n) is 4.96. The summed E-state index contributed by atoms with van der Waals surface area (Å²) in [6.45, 7) is 5.84. The largest absolute Gasteiger partial charge is 0.497 e. The maximum absolute atomic E-state index is 13.0. The first-order valence-electron chi connectivity index (χ1n) is 10.3. The molecule has 0 radical (unpaired) electrons. The van der Waals surface area contributed by atoms with Gasteiger partial charge in [0.2, 0.25) is 0 Å². The molecule has 1 aliphatic rings. The number of hydrogen-bond acceptors (Lipinski definition) is 5. The van der Waals surface area contributed by atoms with Crippen LogP contribution in [0.3, 0.4) is 0 Å². The number of carbonyl (C=O) groups is 2. The molecule has 31 heavy (non-hydrogen) atoms. The van der Waals surface area contributed by atoms with E-state index < -0.39 is 11.7 Å². The number of hydrogen-bond donors (Lipinski definition) is 0. The van der Waals surface area contributed by atoms with Gasteiger partial charge in [-0.05, 0) is 50.6 Å². The highest BCUT2D eigenvalue weighted by molar-refractivity contribution is 5.90. The molecule has 1 aliphatic heterocycles. The van der Waals surface area contributed by atoms with E-state index in [2.05, 4.69) is 0 Å².